The standard InChI is InChI=1S/C28H59N.ClH/c1-6-9-12-15-18-21-24-27(4,5)28(29,25-22-19-16-13-10-7-2)26-23-20-17-14-11-8-3;/h6-26,29H2,1-5H3;1H. The van der Waals surface area contributed by atoms with Crippen molar-refractivity contribution in [1.82, 2.24) is 0 Å². The number of halogens is 1. The number of hydrogen-bond donors (Lipinski definition) is 1. The molecule has 0 aliphatic heterocycles. The molecule has 0 saturated carbocycles. The second-order valence-electron chi connectivity index (χ2n) is 10.6. The molecule has 0 spiro atoms. The molecular formula is C28H60ClN. The molecule has 0 heterocycles. The van der Waals surface area contributed by atoms with Crippen molar-refractivity contribution in [3.63, 3.8) is 0 Å². The summed E-state index contributed by atoms with van der Waals surface area (Å²) < 4.78 is 0. The topological polar surface area (TPSA) is 26.0 Å². The van der Waals surface area contributed by atoms with E-state index in [1.807, 2.05) is 0 Å². The molecule has 0 aliphatic carbocycles. The molecule has 0 amide bonds. The van der Waals surface area contributed by atoms with Crippen LogP contribution in [0.25, 0.3) is 0 Å². The molecule has 0 aliphatic rings. The maximum absolute atomic E-state index is 7.22. The third kappa shape index (κ3) is 16.0. The van der Waals surface area contributed by atoms with Gasteiger partial charge in [0.25, 0.3) is 0 Å². The van der Waals surface area contributed by atoms with Crippen LogP contribution in [-0.2, 0) is 0 Å². The Bertz CT molecular complexity index is 324. The van der Waals surface area contributed by atoms with Crippen molar-refractivity contribution in [2.24, 2.45) is 11.1 Å². The van der Waals surface area contributed by atoms with Gasteiger partial charge in [0.2, 0.25) is 0 Å². The van der Waals surface area contributed by atoms with Crippen LogP contribution >= 0.6 is 12.4 Å². The van der Waals surface area contributed by atoms with Crippen LogP contribution in [0.3, 0.4) is 0 Å². The van der Waals surface area contributed by atoms with Gasteiger partial charge >= 0.3 is 0 Å². The molecule has 0 saturated heterocycles. The van der Waals surface area contributed by atoms with Crippen molar-refractivity contribution in [3.05, 3.63) is 0 Å². The second-order valence-corrected chi connectivity index (χ2v) is 10.6. The smallest absolute Gasteiger partial charge is 0.0206 e. The van der Waals surface area contributed by atoms with E-state index in [9.17, 15) is 0 Å². The van der Waals surface area contributed by atoms with Crippen LogP contribution in [0.5, 0.6) is 0 Å². The lowest BCUT2D eigenvalue weighted by atomic mass is 9.65. The van der Waals surface area contributed by atoms with E-state index in [-0.39, 0.29) is 23.4 Å². The molecule has 0 aromatic rings. The molecule has 2 heteroatoms. The summed E-state index contributed by atoms with van der Waals surface area (Å²) in [5, 5.41) is 0. The normalized spacial score (nSPS) is 12.2. The lowest BCUT2D eigenvalue weighted by molar-refractivity contribution is 0.117. The number of nitrogens with two attached hydrogens (primary N) is 1. The van der Waals surface area contributed by atoms with Crippen LogP contribution < -0.4 is 5.73 Å². The molecule has 0 bridgehead atoms. The fourth-order valence-electron chi connectivity index (χ4n) is 4.84. The summed E-state index contributed by atoms with van der Waals surface area (Å²) in [7, 11) is 0. The van der Waals surface area contributed by atoms with E-state index in [2.05, 4.69) is 34.6 Å². The minimum Gasteiger partial charge on any atom is -0.325 e. The van der Waals surface area contributed by atoms with Crippen LogP contribution in [0.15, 0.2) is 0 Å². The predicted octanol–water partition coefficient (Wildman–Crippen LogP) is 10.4. The maximum atomic E-state index is 7.22. The Labute approximate surface area is 198 Å². The third-order valence-electron chi connectivity index (χ3n) is 7.46. The average molecular weight is 446 g/mol. The van der Waals surface area contributed by atoms with Gasteiger partial charge in [-0.15, -0.1) is 12.4 Å². The monoisotopic (exact) mass is 445 g/mol. The molecule has 30 heavy (non-hydrogen) atoms. The van der Waals surface area contributed by atoms with Crippen LogP contribution in [-0.4, -0.2) is 5.54 Å². The van der Waals surface area contributed by atoms with Crippen LogP contribution in [0, 0.1) is 5.41 Å². The minimum atomic E-state index is 0. The summed E-state index contributed by atoms with van der Waals surface area (Å²) in [4.78, 5) is 0. The first-order valence-electron chi connectivity index (χ1n) is 13.7. The van der Waals surface area contributed by atoms with Crippen LogP contribution in [0.1, 0.15) is 169 Å². The molecule has 2 N–H and O–H groups in total. The Morgan fingerprint density at radius 2 is 0.700 bits per heavy atom. The summed E-state index contributed by atoms with van der Waals surface area (Å²) in [6, 6.07) is 0. The highest BCUT2D eigenvalue weighted by Crippen LogP contribution is 2.41. The molecule has 0 aromatic heterocycles. The van der Waals surface area contributed by atoms with Gasteiger partial charge in [-0.3, -0.25) is 0 Å². The van der Waals surface area contributed by atoms with Crippen molar-refractivity contribution in [2.45, 2.75) is 175 Å². The predicted molar refractivity (Wildman–Crippen MR) is 142 cm³/mol. The molecule has 184 valence electrons. The van der Waals surface area contributed by atoms with Crippen molar-refractivity contribution >= 4 is 12.4 Å². The summed E-state index contributed by atoms with van der Waals surface area (Å²) in [6.07, 6.45) is 28.6. The zero-order valence-electron chi connectivity index (χ0n) is 21.8. The Kier molecular flexibility index (Phi) is 22.8. The Morgan fingerprint density at radius 3 is 1.03 bits per heavy atom. The number of hydrogen-bond acceptors (Lipinski definition) is 1. The van der Waals surface area contributed by atoms with Crippen molar-refractivity contribution < 1.29 is 0 Å². The average Bonchev–Trinajstić information content (AvgIpc) is 2.70. The number of unbranched alkanes of at least 4 members (excludes halogenated alkanes) is 15. The van der Waals surface area contributed by atoms with Gasteiger partial charge in [0.15, 0.2) is 0 Å². The van der Waals surface area contributed by atoms with E-state index in [1.54, 1.807) is 0 Å². The van der Waals surface area contributed by atoms with Gasteiger partial charge in [0, 0.05) is 5.54 Å². The Morgan fingerprint density at radius 1 is 0.433 bits per heavy atom. The minimum absolute atomic E-state index is 0. The van der Waals surface area contributed by atoms with Gasteiger partial charge in [-0.05, 0) is 24.7 Å². The lowest BCUT2D eigenvalue weighted by Gasteiger charge is -2.45. The van der Waals surface area contributed by atoms with E-state index in [4.69, 9.17) is 5.73 Å². The zero-order valence-corrected chi connectivity index (χ0v) is 22.7. The molecule has 0 atom stereocenters. The fourth-order valence-corrected chi connectivity index (χ4v) is 4.84. The van der Waals surface area contributed by atoms with Crippen LogP contribution in [0.2, 0.25) is 0 Å². The molecule has 0 unspecified atom stereocenters. The summed E-state index contributed by atoms with van der Waals surface area (Å²) >= 11 is 0. The largest absolute Gasteiger partial charge is 0.325 e. The molecule has 0 aromatic carbocycles. The van der Waals surface area contributed by atoms with Gasteiger partial charge in [-0.2, -0.15) is 0 Å². The highest BCUT2D eigenvalue weighted by atomic mass is 35.5. The van der Waals surface area contributed by atoms with Gasteiger partial charge in [-0.25, -0.2) is 0 Å². The molecular weight excluding hydrogens is 386 g/mol. The summed E-state index contributed by atoms with van der Waals surface area (Å²) in [5.41, 5.74) is 7.52. The van der Waals surface area contributed by atoms with Gasteiger partial charge in [-0.1, -0.05) is 150 Å². The molecule has 0 radical (unpaired) electrons. The van der Waals surface area contributed by atoms with Crippen molar-refractivity contribution in [3.8, 4) is 0 Å². The quantitative estimate of drug-likeness (QED) is 0.165. The first-order chi connectivity index (χ1) is 13.9. The van der Waals surface area contributed by atoms with Gasteiger partial charge < -0.3 is 5.73 Å². The summed E-state index contributed by atoms with van der Waals surface area (Å²) in [5.74, 6) is 0. The second kappa shape index (κ2) is 21.1. The van der Waals surface area contributed by atoms with E-state index < -0.39 is 0 Å². The fraction of sp³-hybridized carbons (Fsp3) is 1.00. The van der Waals surface area contributed by atoms with Gasteiger partial charge in [0.05, 0.1) is 0 Å². The first-order valence-corrected chi connectivity index (χ1v) is 13.7. The van der Waals surface area contributed by atoms with Crippen molar-refractivity contribution in [1.29, 1.82) is 0 Å². The first kappa shape index (κ1) is 32.4. The zero-order chi connectivity index (χ0) is 21.8. The lowest BCUT2D eigenvalue weighted by Crippen LogP contribution is -2.52. The van der Waals surface area contributed by atoms with Crippen molar-refractivity contribution in [2.75, 3.05) is 0 Å². The molecule has 0 fully saturated rings. The Hall–Kier alpha value is 0.250. The van der Waals surface area contributed by atoms with Crippen LogP contribution in [0.4, 0.5) is 0 Å². The molecule has 1 nitrogen and oxygen atoms in total. The highest BCUT2D eigenvalue weighted by molar-refractivity contribution is 5.85. The Balaban J connectivity index is 0. The van der Waals surface area contributed by atoms with E-state index >= 15 is 0 Å². The van der Waals surface area contributed by atoms with Gasteiger partial charge in [0.1, 0.15) is 0 Å². The SMILES string of the molecule is CCCCCCCCC(C)(C)C(N)(CCCCCCCC)CCCCCCCC.Cl. The third-order valence-corrected chi connectivity index (χ3v) is 7.46. The van der Waals surface area contributed by atoms with E-state index in [1.165, 1.54) is 135 Å². The maximum Gasteiger partial charge on any atom is 0.0206 e. The molecule has 0 rings (SSSR count). The number of rotatable bonds is 22. The van der Waals surface area contributed by atoms with E-state index in [0.717, 1.165) is 0 Å². The summed E-state index contributed by atoms with van der Waals surface area (Å²) in [6.45, 7) is 11.9. The van der Waals surface area contributed by atoms with E-state index in [0.29, 0.717) is 0 Å². The highest BCUT2D eigenvalue weighted by Gasteiger charge is 2.39.